The van der Waals surface area contributed by atoms with E-state index in [-0.39, 0.29) is 12.5 Å². The fourth-order valence-electron chi connectivity index (χ4n) is 4.77. The molecule has 0 aromatic heterocycles. The quantitative estimate of drug-likeness (QED) is 0.300. The van der Waals surface area contributed by atoms with Gasteiger partial charge in [-0.15, -0.1) is 0 Å². The molecule has 0 spiro atoms. The highest BCUT2D eigenvalue weighted by Gasteiger charge is 2.46. The third-order valence-corrected chi connectivity index (χ3v) is 7.12. The molecular formula is C30H34N4O3. The summed E-state index contributed by atoms with van der Waals surface area (Å²) in [5.41, 5.74) is 10.3. The summed E-state index contributed by atoms with van der Waals surface area (Å²) >= 11 is 0. The maximum Gasteiger partial charge on any atom is 0.408 e. The molecule has 37 heavy (non-hydrogen) atoms. The molecule has 2 saturated carbocycles. The lowest BCUT2D eigenvalue weighted by Gasteiger charge is -2.18. The van der Waals surface area contributed by atoms with Crippen LogP contribution in [-0.2, 0) is 16.9 Å². The van der Waals surface area contributed by atoms with Gasteiger partial charge < -0.3 is 26.4 Å². The molecule has 2 atom stereocenters. The molecule has 2 aliphatic rings. The molecule has 2 fully saturated rings. The second-order valence-corrected chi connectivity index (χ2v) is 10.4. The number of nitrogen functional groups attached to an aromatic ring is 1. The summed E-state index contributed by atoms with van der Waals surface area (Å²) < 4.78 is 5.52. The molecule has 3 aromatic rings. The summed E-state index contributed by atoms with van der Waals surface area (Å²) in [7, 11) is 0. The minimum absolute atomic E-state index is 0.224. The van der Waals surface area contributed by atoms with E-state index in [1.54, 1.807) is 24.3 Å². The Kier molecular flexibility index (Phi) is 6.89. The van der Waals surface area contributed by atoms with E-state index in [0.717, 1.165) is 24.0 Å². The van der Waals surface area contributed by atoms with Crippen molar-refractivity contribution in [1.82, 2.24) is 10.6 Å². The summed E-state index contributed by atoms with van der Waals surface area (Å²) in [6, 6.07) is 23.8. The highest BCUT2D eigenvalue weighted by Crippen LogP contribution is 2.45. The van der Waals surface area contributed by atoms with Crippen LogP contribution in [0.5, 0.6) is 0 Å². The van der Waals surface area contributed by atoms with E-state index in [2.05, 4.69) is 41.9 Å². The monoisotopic (exact) mass is 498 g/mol. The summed E-state index contributed by atoms with van der Waals surface area (Å²) in [4.78, 5) is 25.2. The van der Waals surface area contributed by atoms with Crippen LogP contribution in [0, 0.1) is 0 Å². The lowest BCUT2D eigenvalue weighted by molar-refractivity contribution is 0.102. The van der Waals surface area contributed by atoms with E-state index in [1.807, 2.05) is 36.4 Å². The standard InChI is InChI=1S/C30H34N4O3/c1-19(2)32-27-17-24(27)21-9-7-20(8-10-21)18-37-29(36)34-30(15-16-30)23-13-11-22(12-14-23)28(35)33-26-6-4-3-5-25(26)31/h3-14,19,24,27,32H,15-18,31H2,1-2H3,(H,33,35)(H,34,36)/t24-,27?/m1/s1. The van der Waals surface area contributed by atoms with Gasteiger partial charge in [0.1, 0.15) is 6.61 Å². The van der Waals surface area contributed by atoms with Gasteiger partial charge in [-0.25, -0.2) is 4.79 Å². The lowest BCUT2D eigenvalue weighted by atomic mass is 10.0. The minimum atomic E-state index is -0.440. The Morgan fingerprint density at radius 3 is 2.35 bits per heavy atom. The number of para-hydroxylation sites is 2. The molecular weight excluding hydrogens is 464 g/mol. The summed E-state index contributed by atoms with van der Waals surface area (Å²) in [5, 5.41) is 9.44. The first-order valence-corrected chi connectivity index (χ1v) is 12.9. The van der Waals surface area contributed by atoms with Gasteiger partial charge in [-0.05, 0) is 60.2 Å². The van der Waals surface area contributed by atoms with Crippen LogP contribution in [0.4, 0.5) is 16.2 Å². The molecule has 0 radical (unpaired) electrons. The molecule has 0 aliphatic heterocycles. The molecule has 5 N–H and O–H groups in total. The van der Waals surface area contributed by atoms with Crippen LogP contribution in [-0.4, -0.2) is 24.1 Å². The Labute approximate surface area is 217 Å². The van der Waals surface area contributed by atoms with Crippen molar-refractivity contribution >= 4 is 23.4 Å². The minimum Gasteiger partial charge on any atom is -0.445 e. The number of hydrogen-bond donors (Lipinski definition) is 4. The van der Waals surface area contributed by atoms with Crippen LogP contribution in [0.3, 0.4) is 0 Å². The second-order valence-electron chi connectivity index (χ2n) is 10.4. The number of rotatable bonds is 9. The van der Waals surface area contributed by atoms with E-state index in [4.69, 9.17) is 10.5 Å². The number of nitrogens with one attached hydrogen (secondary N) is 3. The largest absolute Gasteiger partial charge is 0.445 e. The van der Waals surface area contributed by atoms with Crippen molar-refractivity contribution < 1.29 is 14.3 Å². The first-order valence-electron chi connectivity index (χ1n) is 12.9. The van der Waals surface area contributed by atoms with Crippen LogP contribution < -0.4 is 21.7 Å². The molecule has 0 bridgehead atoms. The number of carbonyl (C=O) groups excluding carboxylic acids is 2. The summed E-state index contributed by atoms with van der Waals surface area (Å²) in [6.07, 6.45) is 2.39. The highest BCUT2D eigenvalue weighted by atomic mass is 16.5. The van der Waals surface area contributed by atoms with Crippen molar-refractivity contribution in [3.05, 3.63) is 95.1 Å². The van der Waals surface area contributed by atoms with Crippen molar-refractivity contribution in [1.29, 1.82) is 0 Å². The Hall–Kier alpha value is -3.84. The van der Waals surface area contributed by atoms with Gasteiger partial charge >= 0.3 is 6.09 Å². The SMILES string of the molecule is CC(C)NC1C[C@@H]1c1ccc(COC(=O)NC2(c3ccc(C(=O)Nc4ccccc4N)cc3)CC2)cc1. The zero-order chi connectivity index (χ0) is 26.0. The fourth-order valence-corrected chi connectivity index (χ4v) is 4.77. The Morgan fingerprint density at radius 1 is 1.00 bits per heavy atom. The average molecular weight is 499 g/mol. The molecule has 3 aromatic carbocycles. The number of carbonyl (C=O) groups is 2. The van der Waals surface area contributed by atoms with Crippen LogP contribution in [0.1, 0.15) is 66.1 Å². The first kappa shape index (κ1) is 24.8. The third kappa shape index (κ3) is 5.94. The number of nitrogens with two attached hydrogens (primary N) is 1. The molecule has 2 aliphatic carbocycles. The number of amides is 2. The topological polar surface area (TPSA) is 105 Å². The first-order chi connectivity index (χ1) is 17.8. The molecule has 7 nitrogen and oxygen atoms in total. The zero-order valence-corrected chi connectivity index (χ0v) is 21.3. The van der Waals surface area contributed by atoms with E-state index in [1.165, 1.54) is 12.0 Å². The van der Waals surface area contributed by atoms with Crippen LogP contribution in [0.15, 0.2) is 72.8 Å². The number of anilines is 2. The molecule has 5 rings (SSSR count). The van der Waals surface area contributed by atoms with Gasteiger partial charge in [0.05, 0.1) is 16.9 Å². The van der Waals surface area contributed by atoms with Crippen molar-refractivity contribution in [2.24, 2.45) is 0 Å². The number of alkyl carbamates (subject to hydrolysis) is 1. The number of benzene rings is 3. The Morgan fingerprint density at radius 2 is 1.70 bits per heavy atom. The van der Waals surface area contributed by atoms with E-state index in [0.29, 0.717) is 34.9 Å². The predicted octanol–water partition coefficient (Wildman–Crippen LogP) is 5.29. The molecule has 2 amide bonds. The molecule has 7 heteroatoms. The normalized spacial score (nSPS) is 19.2. The zero-order valence-electron chi connectivity index (χ0n) is 21.3. The molecule has 0 heterocycles. The van der Waals surface area contributed by atoms with Crippen molar-refractivity contribution in [3.63, 3.8) is 0 Å². The molecule has 1 unspecified atom stereocenters. The van der Waals surface area contributed by atoms with E-state index < -0.39 is 11.6 Å². The highest BCUT2D eigenvalue weighted by molar-refractivity contribution is 6.05. The van der Waals surface area contributed by atoms with Crippen LogP contribution in [0.25, 0.3) is 0 Å². The van der Waals surface area contributed by atoms with E-state index >= 15 is 0 Å². The van der Waals surface area contributed by atoms with Crippen LogP contribution in [0.2, 0.25) is 0 Å². The van der Waals surface area contributed by atoms with Crippen molar-refractivity contribution in [2.45, 2.75) is 63.3 Å². The lowest BCUT2D eigenvalue weighted by Crippen LogP contribution is -2.35. The molecule has 0 saturated heterocycles. The van der Waals surface area contributed by atoms with Gasteiger partial charge in [-0.1, -0.05) is 62.4 Å². The third-order valence-electron chi connectivity index (χ3n) is 7.12. The van der Waals surface area contributed by atoms with Crippen molar-refractivity contribution in [3.8, 4) is 0 Å². The maximum absolute atomic E-state index is 12.6. The van der Waals surface area contributed by atoms with Gasteiger partial charge in [0.2, 0.25) is 0 Å². The van der Waals surface area contributed by atoms with Gasteiger partial charge in [-0.2, -0.15) is 0 Å². The van der Waals surface area contributed by atoms with Gasteiger partial charge in [0.15, 0.2) is 0 Å². The predicted molar refractivity (Wildman–Crippen MR) is 145 cm³/mol. The number of ether oxygens (including phenoxy) is 1. The maximum atomic E-state index is 12.6. The fraction of sp³-hybridized carbons (Fsp3) is 0.333. The Balaban J connectivity index is 1.12. The smallest absolute Gasteiger partial charge is 0.408 e. The van der Waals surface area contributed by atoms with Gasteiger partial charge in [0, 0.05) is 23.6 Å². The second kappa shape index (κ2) is 10.3. The van der Waals surface area contributed by atoms with Gasteiger partial charge in [0.25, 0.3) is 5.91 Å². The summed E-state index contributed by atoms with van der Waals surface area (Å²) in [5.74, 6) is 0.338. The summed E-state index contributed by atoms with van der Waals surface area (Å²) in [6.45, 7) is 4.57. The average Bonchev–Trinajstić information content (AvgIpc) is 3.82. The van der Waals surface area contributed by atoms with Gasteiger partial charge in [-0.3, -0.25) is 4.79 Å². The van der Waals surface area contributed by atoms with Crippen molar-refractivity contribution in [2.75, 3.05) is 11.1 Å². The molecule has 192 valence electrons. The van der Waals surface area contributed by atoms with E-state index in [9.17, 15) is 9.59 Å². The number of hydrogen-bond acceptors (Lipinski definition) is 5. The Bertz CT molecular complexity index is 1270. The van der Waals surface area contributed by atoms with Crippen LogP contribution >= 0.6 is 0 Å².